The van der Waals surface area contributed by atoms with Crippen LogP contribution in [0, 0.1) is 0 Å². The maximum Gasteiger partial charge on any atom is 0.308 e. The number of ether oxygens (including phenoxy) is 1. The van der Waals surface area contributed by atoms with Gasteiger partial charge in [-0.2, -0.15) is 0 Å². The molecule has 1 rings (SSSR count). The minimum Gasteiger partial charge on any atom is -0.424 e. The molecule has 1 aromatic heterocycles. The summed E-state index contributed by atoms with van der Waals surface area (Å²) in [7, 11) is 0. The first-order valence-corrected chi connectivity index (χ1v) is 3.75. The van der Waals surface area contributed by atoms with E-state index in [1.165, 1.54) is 26.1 Å². The number of Topliss-reactive ketones (excluding diaryl/α,β-unsaturated/α-hetero) is 1. The molecule has 0 aliphatic heterocycles. The Kier molecular flexibility index (Phi) is 2.74. The van der Waals surface area contributed by atoms with Crippen molar-refractivity contribution in [3.8, 4) is 5.75 Å². The smallest absolute Gasteiger partial charge is 0.308 e. The zero-order chi connectivity index (χ0) is 9.84. The van der Waals surface area contributed by atoms with Gasteiger partial charge in [-0.05, 0) is 12.1 Å². The maximum atomic E-state index is 11.0. The zero-order valence-electron chi connectivity index (χ0n) is 7.40. The fourth-order valence-electron chi connectivity index (χ4n) is 0.892. The third-order valence-electron chi connectivity index (χ3n) is 1.36. The van der Waals surface area contributed by atoms with E-state index in [0.29, 0.717) is 0 Å². The summed E-state index contributed by atoms with van der Waals surface area (Å²) in [6, 6.07) is 3.13. The molecule has 1 heterocycles. The van der Waals surface area contributed by atoms with Crippen molar-refractivity contribution >= 4 is 11.8 Å². The molecule has 0 aliphatic carbocycles. The van der Waals surface area contributed by atoms with Crippen LogP contribution in [0.1, 0.15) is 24.3 Å². The van der Waals surface area contributed by atoms with Gasteiger partial charge in [0.05, 0.1) is 0 Å². The number of carbonyl (C=O) groups is 2. The quantitative estimate of drug-likeness (QED) is 0.505. The lowest BCUT2D eigenvalue weighted by atomic mass is 10.2. The van der Waals surface area contributed by atoms with Crippen LogP contribution in [0.25, 0.3) is 0 Å². The number of esters is 1. The first kappa shape index (κ1) is 9.38. The number of carbonyl (C=O) groups excluding carboxylic acids is 2. The van der Waals surface area contributed by atoms with E-state index in [-0.39, 0.29) is 17.2 Å². The molecule has 0 aromatic carbocycles. The minimum absolute atomic E-state index is 0.178. The number of pyridine rings is 1. The van der Waals surface area contributed by atoms with E-state index in [0.717, 1.165) is 0 Å². The van der Waals surface area contributed by atoms with Gasteiger partial charge in [0.1, 0.15) is 5.69 Å². The summed E-state index contributed by atoms with van der Waals surface area (Å²) < 4.78 is 4.78. The van der Waals surface area contributed by atoms with Crippen LogP contribution in [-0.4, -0.2) is 16.7 Å². The molecule has 4 nitrogen and oxygen atoms in total. The molecule has 0 radical (unpaired) electrons. The predicted octanol–water partition coefficient (Wildman–Crippen LogP) is 1.21. The first-order valence-electron chi connectivity index (χ1n) is 3.75. The molecule has 4 heteroatoms. The second-order valence-corrected chi connectivity index (χ2v) is 2.50. The molecular formula is C9H9NO3. The number of hydrogen-bond donors (Lipinski definition) is 0. The number of ketones is 1. The monoisotopic (exact) mass is 179 g/mol. The topological polar surface area (TPSA) is 56.3 Å². The van der Waals surface area contributed by atoms with Gasteiger partial charge in [-0.25, -0.2) is 4.98 Å². The fourth-order valence-corrected chi connectivity index (χ4v) is 0.892. The Morgan fingerprint density at radius 2 is 2.08 bits per heavy atom. The predicted molar refractivity (Wildman–Crippen MR) is 45.6 cm³/mol. The molecule has 0 amide bonds. The molecule has 0 aliphatic rings. The molecule has 0 N–H and O–H groups in total. The van der Waals surface area contributed by atoms with Crippen molar-refractivity contribution < 1.29 is 14.3 Å². The van der Waals surface area contributed by atoms with Crippen molar-refractivity contribution in [3.63, 3.8) is 0 Å². The van der Waals surface area contributed by atoms with Gasteiger partial charge >= 0.3 is 5.97 Å². The first-order chi connectivity index (χ1) is 6.11. The van der Waals surface area contributed by atoms with E-state index in [9.17, 15) is 9.59 Å². The van der Waals surface area contributed by atoms with E-state index < -0.39 is 5.97 Å². The third-order valence-corrected chi connectivity index (χ3v) is 1.36. The van der Waals surface area contributed by atoms with Gasteiger partial charge in [0.2, 0.25) is 0 Å². The van der Waals surface area contributed by atoms with Crippen molar-refractivity contribution in [1.29, 1.82) is 0 Å². The van der Waals surface area contributed by atoms with Crippen LogP contribution in [0.15, 0.2) is 18.3 Å². The molecule has 0 atom stereocenters. The van der Waals surface area contributed by atoms with Gasteiger partial charge < -0.3 is 4.74 Å². The van der Waals surface area contributed by atoms with Crippen LogP contribution in [-0.2, 0) is 4.79 Å². The summed E-state index contributed by atoms with van der Waals surface area (Å²) in [5, 5.41) is 0. The van der Waals surface area contributed by atoms with Crippen LogP contribution in [0.4, 0.5) is 0 Å². The Hall–Kier alpha value is -1.71. The zero-order valence-corrected chi connectivity index (χ0v) is 7.40. The van der Waals surface area contributed by atoms with Crippen LogP contribution in [0.3, 0.4) is 0 Å². The molecule has 0 fully saturated rings. The largest absolute Gasteiger partial charge is 0.424 e. The second kappa shape index (κ2) is 3.80. The summed E-state index contributed by atoms with van der Waals surface area (Å²) in [4.78, 5) is 25.4. The van der Waals surface area contributed by atoms with Crippen molar-refractivity contribution in [2.45, 2.75) is 13.8 Å². The highest BCUT2D eigenvalue weighted by molar-refractivity contribution is 5.95. The lowest BCUT2D eigenvalue weighted by molar-refractivity contribution is -0.131. The standard InChI is InChI=1S/C9H9NO3/c1-6(11)9-8(13-7(2)12)4-3-5-10-9/h3-5H,1-2H3. The summed E-state index contributed by atoms with van der Waals surface area (Å²) in [6.45, 7) is 2.65. The molecule has 0 spiro atoms. The fraction of sp³-hybridized carbons (Fsp3) is 0.222. The Morgan fingerprint density at radius 3 is 2.62 bits per heavy atom. The number of aromatic nitrogens is 1. The Labute approximate surface area is 75.5 Å². The van der Waals surface area contributed by atoms with Crippen molar-refractivity contribution in [1.82, 2.24) is 4.98 Å². The van der Waals surface area contributed by atoms with E-state index in [4.69, 9.17) is 4.74 Å². The molecule has 0 saturated heterocycles. The Morgan fingerprint density at radius 1 is 1.38 bits per heavy atom. The maximum absolute atomic E-state index is 11.0. The summed E-state index contributed by atoms with van der Waals surface area (Å²) in [6.07, 6.45) is 1.48. The normalized spacial score (nSPS) is 9.38. The molecule has 68 valence electrons. The van der Waals surface area contributed by atoms with Crippen LogP contribution >= 0.6 is 0 Å². The van der Waals surface area contributed by atoms with E-state index in [1.807, 2.05) is 0 Å². The van der Waals surface area contributed by atoms with Crippen LogP contribution in [0.2, 0.25) is 0 Å². The van der Waals surface area contributed by atoms with Gasteiger partial charge in [0.25, 0.3) is 0 Å². The van der Waals surface area contributed by atoms with Gasteiger partial charge in [0, 0.05) is 20.0 Å². The second-order valence-electron chi connectivity index (χ2n) is 2.50. The lowest BCUT2D eigenvalue weighted by Crippen LogP contribution is -2.07. The van der Waals surface area contributed by atoms with E-state index >= 15 is 0 Å². The molecule has 13 heavy (non-hydrogen) atoms. The lowest BCUT2D eigenvalue weighted by Gasteiger charge is -2.03. The minimum atomic E-state index is -0.462. The van der Waals surface area contributed by atoms with Gasteiger partial charge in [-0.3, -0.25) is 9.59 Å². The summed E-state index contributed by atoms with van der Waals surface area (Å²) in [5.41, 5.74) is 0.178. The molecular weight excluding hydrogens is 170 g/mol. The molecule has 1 aromatic rings. The van der Waals surface area contributed by atoms with Gasteiger partial charge in [0.15, 0.2) is 11.5 Å². The van der Waals surface area contributed by atoms with Gasteiger partial charge in [-0.15, -0.1) is 0 Å². The highest BCUT2D eigenvalue weighted by atomic mass is 16.5. The number of rotatable bonds is 2. The van der Waals surface area contributed by atoms with Gasteiger partial charge in [-0.1, -0.05) is 0 Å². The van der Waals surface area contributed by atoms with Crippen molar-refractivity contribution in [2.24, 2.45) is 0 Å². The SMILES string of the molecule is CC(=O)Oc1cccnc1C(C)=O. The van der Waals surface area contributed by atoms with Crippen LogP contribution in [0.5, 0.6) is 5.75 Å². The average molecular weight is 179 g/mol. The summed E-state index contributed by atoms with van der Waals surface area (Å²) >= 11 is 0. The molecule has 0 bridgehead atoms. The van der Waals surface area contributed by atoms with Crippen LogP contribution < -0.4 is 4.74 Å². The average Bonchev–Trinajstić information content (AvgIpc) is 2.03. The van der Waals surface area contributed by atoms with Crippen molar-refractivity contribution in [3.05, 3.63) is 24.0 Å². The molecule has 0 saturated carbocycles. The van der Waals surface area contributed by atoms with E-state index in [2.05, 4.69) is 4.98 Å². The third kappa shape index (κ3) is 2.37. The Balaban J connectivity index is 3.04. The Bertz CT molecular complexity index is 346. The van der Waals surface area contributed by atoms with E-state index in [1.54, 1.807) is 6.07 Å². The van der Waals surface area contributed by atoms with Crippen molar-refractivity contribution in [2.75, 3.05) is 0 Å². The highest BCUT2D eigenvalue weighted by Crippen LogP contribution is 2.15. The number of nitrogens with zero attached hydrogens (tertiary/aromatic N) is 1. The molecule has 0 unspecified atom stereocenters. The summed E-state index contributed by atoms with van der Waals surface area (Å²) in [5.74, 6) is -0.477. The number of hydrogen-bond acceptors (Lipinski definition) is 4. The highest BCUT2D eigenvalue weighted by Gasteiger charge is 2.10.